The fourth-order valence-electron chi connectivity index (χ4n) is 3.03. The van der Waals surface area contributed by atoms with Crippen molar-refractivity contribution in [3.8, 4) is 0 Å². The summed E-state index contributed by atoms with van der Waals surface area (Å²) in [6.07, 6.45) is -0.229. The first-order chi connectivity index (χ1) is 14.2. The van der Waals surface area contributed by atoms with E-state index in [1.807, 2.05) is 60.7 Å². The van der Waals surface area contributed by atoms with Gasteiger partial charge < -0.3 is 23.7 Å². The second-order valence-corrected chi connectivity index (χ2v) is 6.67. The van der Waals surface area contributed by atoms with Gasteiger partial charge in [-0.1, -0.05) is 60.7 Å². The number of carbonyl (C=O) groups excluding carboxylic acids is 1. The molecule has 0 bridgehead atoms. The highest BCUT2D eigenvalue weighted by molar-refractivity contribution is 5.66. The Labute approximate surface area is 171 Å². The molecule has 0 saturated heterocycles. The van der Waals surface area contributed by atoms with Gasteiger partial charge in [-0.3, -0.25) is 4.79 Å². The van der Waals surface area contributed by atoms with E-state index >= 15 is 0 Å². The molecular weight excluding hydrogens is 372 g/mol. The van der Waals surface area contributed by atoms with Gasteiger partial charge in [0.05, 0.1) is 13.2 Å². The molecule has 29 heavy (non-hydrogen) atoms. The van der Waals surface area contributed by atoms with Crippen molar-refractivity contribution < 1.29 is 28.5 Å². The van der Waals surface area contributed by atoms with Crippen LogP contribution >= 0.6 is 0 Å². The van der Waals surface area contributed by atoms with E-state index in [9.17, 15) is 4.79 Å². The van der Waals surface area contributed by atoms with Gasteiger partial charge in [0.25, 0.3) is 0 Å². The second-order valence-electron chi connectivity index (χ2n) is 6.67. The summed E-state index contributed by atoms with van der Waals surface area (Å²) in [5.41, 5.74) is 2.07. The zero-order chi connectivity index (χ0) is 20.5. The van der Waals surface area contributed by atoms with Gasteiger partial charge in [-0.15, -0.1) is 0 Å². The SMILES string of the molecule is CO[C@@H]1OC(COCc2ccccc2)=C[C@H](OC(C)=O)[C@H]1OCc1ccccc1. The fourth-order valence-corrected chi connectivity index (χ4v) is 3.03. The van der Waals surface area contributed by atoms with E-state index in [4.69, 9.17) is 23.7 Å². The molecule has 0 unspecified atom stereocenters. The number of rotatable bonds is 9. The van der Waals surface area contributed by atoms with Gasteiger partial charge in [-0.2, -0.15) is 0 Å². The number of ether oxygens (including phenoxy) is 5. The van der Waals surface area contributed by atoms with Crippen molar-refractivity contribution in [2.75, 3.05) is 13.7 Å². The smallest absolute Gasteiger partial charge is 0.303 e. The van der Waals surface area contributed by atoms with Gasteiger partial charge in [0.1, 0.15) is 12.4 Å². The molecule has 0 saturated carbocycles. The average molecular weight is 398 g/mol. The van der Waals surface area contributed by atoms with Gasteiger partial charge >= 0.3 is 5.97 Å². The molecule has 3 atom stereocenters. The van der Waals surface area contributed by atoms with Gasteiger partial charge in [0, 0.05) is 14.0 Å². The third-order valence-electron chi connectivity index (χ3n) is 4.39. The number of methoxy groups -OCH3 is 1. The quantitative estimate of drug-likeness (QED) is 0.602. The van der Waals surface area contributed by atoms with Crippen LogP contribution in [0.2, 0.25) is 0 Å². The van der Waals surface area contributed by atoms with Crippen molar-refractivity contribution in [3.63, 3.8) is 0 Å². The highest BCUT2D eigenvalue weighted by Gasteiger charge is 2.38. The van der Waals surface area contributed by atoms with Crippen molar-refractivity contribution in [3.05, 3.63) is 83.6 Å². The zero-order valence-corrected chi connectivity index (χ0v) is 16.7. The van der Waals surface area contributed by atoms with Gasteiger partial charge in [0.15, 0.2) is 12.2 Å². The van der Waals surface area contributed by atoms with Gasteiger partial charge in [-0.05, 0) is 17.2 Å². The average Bonchev–Trinajstić information content (AvgIpc) is 2.73. The Morgan fingerprint density at radius 3 is 2.14 bits per heavy atom. The third-order valence-corrected chi connectivity index (χ3v) is 4.39. The molecule has 0 N–H and O–H groups in total. The molecule has 3 rings (SSSR count). The number of benzene rings is 2. The molecule has 1 heterocycles. The van der Waals surface area contributed by atoms with Crippen LogP contribution in [0.3, 0.4) is 0 Å². The number of carbonyl (C=O) groups is 1. The topological polar surface area (TPSA) is 63.2 Å². The van der Waals surface area contributed by atoms with Crippen LogP contribution in [0.1, 0.15) is 18.1 Å². The van der Waals surface area contributed by atoms with Crippen molar-refractivity contribution in [1.82, 2.24) is 0 Å². The molecule has 0 aliphatic carbocycles. The largest absolute Gasteiger partial charge is 0.464 e. The van der Waals surface area contributed by atoms with E-state index in [0.717, 1.165) is 11.1 Å². The van der Waals surface area contributed by atoms with Crippen LogP contribution in [-0.4, -0.2) is 38.2 Å². The molecule has 0 aromatic heterocycles. The van der Waals surface area contributed by atoms with Crippen LogP contribution in [0.4, 0.5) is 0 Å². The van der Waals surface area contributed by atoms with Crippen LogP contribution in [0.15, 0.2) is 72.5 Å². The minimum absolute atomic E-state index is 0.234. The third kappa shape index (κ3) is 6.42. The van der Waals surface area contributed by atoms with Crippen molar-refractivity contribution >= 4 is 5.97 Å². The van der Waals surface area contributed by atoms with Crippen molar-refractivity contribution in [2.24, 2.45) is 0 Å². The first-order valence-electron chi connectivity index (χ1n) is 9.50. The summed E-state index contributed by atoms with van der Waals surface area (Å²) in [5, 5.41) is 0. The minimum atomic E-state index is -0.719. The monoisotopic (exact) mass is 398 g/mol. The highest BCUT2D eigenvalue weighted by Crippen LogP contribution is 2.25. The van der Waals surface area contributed by atoms with Crippen LogP contribution in [0, 0.1) is 0 Å². The van der Waals surface area contributed by atoms with E-state index in [1.54, 1.807) is 6.08 Å². The Morgan fingerprint density at radius 1 is 0.931 bits per heavy atom. The van der Waals surface area contributed by atoms with Crippen LogP contribution in [0.5, 0.6) is 0 Å². The second kappa shape index (κ2) is 10.8. The van der Waals surface area contributed by atoms with Crippen LogP contribution in [-0.2, 0) is 41.7 Å². The minimum Gasteiger partial charge on any atom is -0.464 e. The molecule has 0 spiro atoms. The molecule has 6 heteroatoms. The lowest BCUT2D eigenvalue weighted by molar-refractivity contribution is -0.221. The maximum atomic E-state index is 11.6. The molecular formula is C23H26O6. The Morgan fingerprint density at radius 2 is 1.55 bits per heavy atom. The Hall–Kier alpha value is -2.67. The van der Waals surface area contributed by atoms with E-state index in [1.165, 1.54) is 14.0 Å². The van der Waals surface area contributed by atoms with Gasteiger partial charge in [-0.25, -0.2) is 0 Å². The van der Waals surface area contributed by atoms with Crippen molar-refractivity contribution in [1.29, 1.82) is 0 Å². The van der Waals surface area contributed by atoms with Crippen LogP contribution in [0.25, 0.3) is 0 Å². The standard InChI is InChI=1S/C23H26O6/c1-17(24)28-21-13-20(16-26-14-18-9-5-3-6-10-18)29-23(25-2)22(21)27-15-19-11-7-4-8-12-19/h3-13,21-23H,14-16H2,1-2H3/t21-,22+,23+/m0/s1. The van der Waals surface area contributed by atoms with Gasteiger partial charge in [0.2, 0.25) is 6.29 Å². The lowest BCUT2D eigenvalue weighted by atomic mass is 10.1. The lowest BCUT2D eigenvalue weighted by Crippen LogP contribution is -2.46. The van der Waals surface area contributed by atoms with E-state index in [2.05, 4.69) is 0 Å². The molecule has 2 aromatic rings. The molecule has 2 aromatic carbocycles. The molecule has 1 aliphatic heterocycles. The normalized spacial score (nSPS) is 21.2. The Kier molecular flexibility index (Phi) is 7.81. The summed E-state index contributed by atoms with van der Waals surface area (Å²) in [6.45, 7) is 2.40. The first-order valence-corrected chi connectivity index (χ1v) is 9.50. The molecule has 6 nitrogen and oxygen atoms in total. The fraction of sp³-hybridized carbons (Fsp3) is 0.348. The van der Waals surface area contributed by atoms with E-state index in [0.29, 0.717) is 19.0 Å². The summed E-state index contributed by atoms with van der Waals surface area (Å²) in [6, 6.07) is 19.6. The highest BCUT2D eigenvalue weighted by atomic mass is 16.7. The predicted octanol–water partition coefficient (Wildman–Crippen LogP) is 3.61. The predicted molar refractivity (Wildman–Crippen MR) is 107 cm³/mol. The summed E-state index contributed by atoms with van der Waals surface area (Å²) in [7, 11) is 1.53. The zero-order valence-electron chi connectivity index (χ0n) is 16.7. The van der Waals surface area contributed by atoms with Crippen LogP contribution < -0.4 is 0 Å². The summed E-state index contributed by atoms with van der Waals surface area (Å²) in [4.78, 5) is 11.6. The first kappa shape index (κ1) is 21.0. The molecule has 0 fully saturated rings. The maximum Gasteiger partial charge on any atom is 0.303 e. The van der Waals surface area contributed by atoms with Crippen molar-refractivity contribution in [2.45, 2.75) is 38.6 Å². The Bertz CT molecular complexity index is 790. The van der Waals surface area contributed by atoms with E-state index in [-0.39, 0.29) is 6.61 Å². The molecule has 1 aliphatic rings. The summed E-state index contributed by atoms with van der Waals surface area (Å²) < 4.78 is 28.5. The maximum absolute atomic E-state index is 11.6. The number of hydrogen-bond donors (Lipinski definition) is 0. The Balaban J connectivity index is 1.65. The molecule has 0 radical (unpaired) electrons. The number of esters is 1. The molecule has 0 amide bonds. The summed E-state index contributed by atoms with van der Waals surface area (Å²) >= 11 is 0. The molecule has 154 valence electrons. The summed E-state index contributed by atoms with van der Waals surface area (Å²) in [5.74, 6) is 0.138. The van der Waals surface area contributed by atoms with E-state index < -0.39 is 24.5 Å². The number of hydrogen-bond acceptors (Lipinski definition) is 6. The lowest BCUT2D eigenvalue weighted by Gasteiger charge is -2.35.